The van der Waals surface area contributed by atoms with E-state index in [2.05, 4.69) is 5.92 Å². The molecule has 1 aromatic rings. The van der Waals surface area contributed by atoms with Gasteiger partial charge in [0.1, 0.15) is 5.60 Å². The molecule has 0 fully saturated rings. The van der Waals surface area contributed by atoms with Gasteiger partial charge in [-0.25, -0.2) is 0 Å². The van der Waals surface area contributed by atoms with Crippen LogP contribution in [0, 0.1) is 12.3 Å². The molecule has 1 heteroatoms. The molecule has 1 unspecified atom stereocenters. The van der Waals surface area contributed by atoms with E-state index in [-0.39, 0.29) is 0 Å². The second-order valence-electron chi connectivity index (χ2n) is 3.04. The summed E-state index contributed by atoms with van der Waals surface area (Å²) in [6, 6.07) is 9.71. The van der Waals surface area contributed by atoms with Crippen LogP contribution in [-0.4, -0.2) is 10.7 Å². The molecule has 0 aromatic heterocycles. The van der Waals surface area contributed by atoms with Gasteiger partial charge in [0, 0.05) is 0 Å². The van der Waals surface area contributed by atoms with E-state index in [1.165, 1.54) is 0 Å². The Morgan fingerprint density at radius 2 is 2.00 bits per heavy atom. The molecule has 1 atom stereocenters. The summed E-state index contributed by atoms with van der Waals surface area (Å²) in [4.78, 5) is 0. The average molecular weight is 172 g/mol. The van der Waals surface area contributed by atoms with Gasteiger partial charge in [-0.05, 0) is 18.6 Å². The Morgan fingerprint density at radius 1 is 1.38 bits per heavy atom. The Balaban J connectivity index is 2.77. The minimum atomic E-state index is -1.16. The van der Waals surface area contributed by atoms with Crippen LogP contribution in [-0.2, 0) is 0 Å². The third-order valence-corrected chi connectivity index (χ3v) is 1.69. The highest BCUT2D eigenvalue weighted by Gasteiger charge is 2.09. The molecule has 0 saturated heterocycles. The molecule has 0 heterocycles. The summed E-state index contributed by atoms with van der Waals surface area (Å²) in [5.41, 5.74) is -0.131. The van der Waals surface area contributed by atoms with Gasteiger partial charge in [0.05, 0.1) is 0 Å². The Morgan fingerprint density at radius 3 is 2.54 bits per heavy atom. The van der Waals surface area contributed by atoms with Gasteiger partial charge in [-0.1, -0.05) is 42.3 Å². The molecule has 1 aromatic carbocycles. The van der Waals surface area contributed by atoms with Gasteiger partial charge in [-0.3, -0.25) is 0 Å². The number of hydrogen-bond acceptors (Lipinski definition) is 1. The maximum atomic E-state index is 9.46. The van der Waals surface area contributed by atoms with Crippen LogP contribution in [0.1, 0.15) is 12.5 Å². The smallest absolute Gasteiger partial charge is 0.141 e. The molecule has 66 valence electrons. The highest BCUT2D eigenvalue weighted by molar-refractivity contribution is 5.51. The van der Waals surface area contributed by atoms with E-state index in [0.717, 1.165) is 5.56 Å². The lowest BCUT2D eigenvalue weighted by Gasteiger charge is -2.08. The van der Waals surface area contributed by atoms with Gasteiger partial charge in [-0.2, -0.15) is 0 Å². The zero-order valence-electron chi connectivity index (χ0n) is 7.57. The second-order valence-corrected chi connectivity index (χ2v) is 3.04. The molecule has 13 heavy (non-hydrogen) atoms. The standard InChI is InChI=1S/C12H12O/c1-3-12(2,13)10-9-11-7-5-4-6-8-11/h1,4-10,13H,2H3/b10-9+. The molecule has 0 aliphatic rings. The average Bonchev–Trinajstić information content (AvgIpc) is 2.17. The molecule has 1 rings (SSSR count). The van der Waals surface area contributed by atoms with Crippen molar-refractivity contribution < 1.29 is 5.11 Å². The molecule has 0 aliphatic carbocycles. The van der Waals surface area contributed by atoms with Crippen LogP contribution in [0.2, 0.25) is 0 Å². The topological polar surface area (TPSA) is 20.2 Å². The van der Waals surface area contributed by atoms with Crippen molar-refractivity contribution in [3.63, 3.8) is 0 Å². The van der Waals surface area contributed by atoms with Crippen LogP contribution in [0.4, 0.5) is 0 Å². The fraction of sp³-hybridized carbons (Fsp3) is 0.167. The highest BCUT2D eigenvalue weighted by Crippen LogP contribution is 2.07. The van der Waals surface area contributed by atoms with Gasteiger partial charge in [0.25, 0.3) is 0 Å². The van der Waals surface area contributed by atoms with Crippen LogP contribution in [0.25, 0.3) is 6.08 Å². The Labute approximate surface area is 78.7 Å². The van der Waals surface area contributed by atoms with Crippen LogP contribution < -0.4 is 0 Å². The monoisotopic (exact) mass is 172 g/mol. The number of aliphatic hydroxyl groups is 1. The van der Waals surface area contributed by atoms with Crippen LogP contribution >= 0.6 is 0 Å². The van der Waals surface area contributed by atoms with E-state index in [0.29, 0.717) is 0 Å². The largest absolute Gasteiger partial charge is 0.374 e. The van der Waals surface area contributed by atoms with Crippen LogP contribution in [0.5, 0.6) is 0 Å². The van der Waals surface area contributed by atoms with E-state index in [9.17, 15) is 5.11 Å². The first-order valence-corrected chi connectivity index (χ1v) is 4.08. The normalized spacial score (nSPS) is 15.2. The number of benzene rings is 1. The summed E-state index contributed by atoms with van der Waals surface area (Å²) in [7, 11) is 0. The van der Waals surface area contributed by atoms with E-state index in [4.69, 9.17) is 6.42 Å². The predicted octanol–water partition coefficient (Wildman–Crippen LogP) is 2.08. The summed E-state index contributed by atoms with van der Waals surface area (Å²) < 4.78 is 0. The van der Waals surface area contributed by atoms with Crippen LogP contribution in [0.3, 0.4) is 0 Å². The lowest BCUT2D eigenvalue weighted by Crippen LogP contribution is -2.16. The van der Waals surface area contributed by atoms with Gasteiger partial charge in [0.2, 0.25) is 0 Å². The Bertz CT molecular complexity index is 328. The maximum absolute atomic E-state index is 9.46. The summed E-state index contributed by atoms with van der Waals surface area (Å²) in [5, 5.41) is 9.46. The highest BCUT2D eigenvalue weighted by atomic mass is 16.3. The molecule has 0 radical (unpaired) electrons. The third-order valence-electron chi connectivity index (χ3n) is 1.69. The number of terminal acetylenes is 1. The van der Waals surface area contributed by atoms with Crippen molar-refractivity contribution >= 4 is 6.08 Å². The Hall–Kier alpha value is -1.52. The zero-order valence-corrected chi connectivity index (χ0v) is 7.57. The van der Waals surface area contributed by atoms with Crippen molar-refractivity contribution in [2.24, 2.45) is 0 Å². The summed E-state index contributed by atoms with van der Waals surface area (Å²) in [5.74, 6) is 2.28. The molecule has 0 amide bonds. The van der Waals surface area contributed by atoms with E-state index in [1.54, 1.807) is 19.1 Å². The summed E-state index contributed by atoms with van der Waals surface area (Å²) in [6.07, 6.45) is 8.52. The molecule has 1 nitrogen and oxygen atoms in total. The van der Waals surface area contributed by atoms with Crippen molar-refractivity contribution in [3.8, 4) is 12.3 Å². The van der Waals surface area contributed by atoms with Gasteiger partial charge in [-0.15, -0.1) is 6.42 Å². The molecule has 0 saturated carbocycles. The van der Waals surface area contributed by atoms with Gasteiger partial charge in [0.15, 0.2) is 0 Å². The third kappa shape index (κ3) is 3.14. The molecule has 0 bridgehead atoms. The van der Waals surface area contributed by atoms with E-state index in [1.807, 2.05) is 30.3 Å². The first-order chi connectivity index (χ1) is 6.14. The lowest BCUT2D eigenvalue weighted by atomic mass is 10.1. The van der Waals surface area contributed by atoms with Crippen molar-refractivity contribution in [2.75, 3.05) is 0 Å². The van der Waals surface area contributed by atoms with Crippen molar-refractivity contribution in [1.29, 1.82) is 0 Å². The maximum Gasteiger partial charge on any atom is 0.141 e. The summed E-state index contributed by atoms with van der Waals surface area (Å²) >= 11 is 0. The molecule has 1 N–H and O–H groups in total. The minimum absolute atomic E-state index is 1.03. The van der Waals surface area contributed by atoms with Crippen molar-refractivity contribution in [2.45, 2.75) is 12.5 Å². The van der Waals surface area contributed by atoms with Crippen molar-refractivity contribution in [3.05, 3.63) is 42.0 Å². The van der Waals surface area contributed by atoms with E-state index < -0.39 is 5.60 Å². The van der Waals surface area contributed by atoms with Gasteiger partial charge >= 0.3 is 0 Å². The molecule has 0 aliphatic heterocycles. The second kappa shape index (κ2) is 3.93. The molecule has 0 spiro atoms. The molecular weight excluding hydrogens is 160 g/mol. The molecular formula is C12H12O. The number of rotatable bonds is 2. The van der Waals surface area contributed by atoms with E-state index >= 15 is 0 Å². The SMILES string of the molecule is C#CC(C)(O)/C=C/c1ccccc1. The van der Waals surface area contributed by atoms with Crippen LogP contribution in [0.15, 0.2) is 36.4 Å². The first kappa shape index (κ1) is 9.57. The number of hydrogen-bond donors (Lipinski definition) is 1. The quantitative estimate of drug-likeness (QED) is 0.677. The summed E-state index contributed by atoms with van der Waals surface area (Å²) in [6.45, 7) is 1.58. The fourth-order valence-corrected chi connectivity index (χ4v) is 0.871. The van der Waals surface area contributed by atoms with Gasteiger partial charge < -0.3 is 5.11 Å². The minimum Gasteiger partial charge on any atom is -0.374 e. The zero-order chi connectivity index (χ0) is 9.73. The van der Waals surface area contributed by atoms with Crippen molar-refractivity contribution in [1.82, 2.24) is 0 Å². The first-order valence-electron chi connectivity index (χ1n) is 4.08. The fourth-order valence-electron chi connectivity index (χ4n) is 0.871. The predicted molar refractivity (Wildman–Crippen MR) is 54.9 cm³/mol. The Kier molecular flexibility index (Phi) is 2.89. The lowest BCUT2D eigenvalue weighted by molar-refractivity contribution is 0.175.